The van der Waals surface area contributed by atoms with Crippen LogP contribution in [0.1, 0.15) is 58.8 Å². The fourth-order valence-corrected chi connectivity index (χ4v) is 2.88. The summed E-state index contributed by atoms with van der Waals surface area (Å²) in [6.07, 6.45) is 8.88. The van der Waals surface area contributed by atoms with E-state index in [2.05, 4.69) is 29.8 Å². The average Bonchev–Trinajstić information content (AvgIpc) is 2.24. The third-order valence-electron chi connectivity index (χ3n) is 3.19. The lowest BCUT2D eigenvalue weighted by molar-refractivity contribution is -0.284. The summed E-state index contributed by atoms with van der Waals surface area (Å²) in [5, 5.41) is 0.937. The molecule has 2 atom stereocenters. The van der Waals surface area contributed by atoms with Gasteiger partial charge in [-0.1, -0.05) is 48.5 Å². The summed E-state index contributed by atoms with van der Waals surface area (Å²) in [7, 11) is 0. The molecule has 0 aromatic heterocycles. The van der Waals surface area contributed by atoms with Gasteiger partial charge in [-0.2, -0.15) is 0 Å². The number of alkyl halides is 1. The molecule has 1 fully saturated rings. The van der Waals surface area contributed by atoms with Crippen molar-refractivity contribution in [1.29, 1.82) is 0 Å². The van der Waals surface area contributed by atoms with E-state index in [1.165, 1.54) is 32.1 Å². The van der Waals surface area contributed by atoms with Crippen LogP contribution < -0.4 is 0 Å². The summed E-state index contributed by atoms with van der Waals surface area (Å²) in [6.45, 7) is 5.16. The highest BCUT2D eigenvalue weighted by molar-refractivity contribution is 9.09. The van der Waals surface area contributed by atoms with E-state index in [0.29, 0.717) is 6.10 Å². The Kier molecular flexibility index (Phi) is 6.94. The fourth-order valence-electron chi connectivity index (χ4n) is 2.16. The molecule has 1 rings (SSSR count). The largest absolute Gasteiger partial charge is 0.350 e. The van der Waals surface area contributed by atoms with Crippen LogP contribution in [-0.2, 0) is 9.47 Å². The Morgan fingerprint density at radius 2 is 2.12 bits per heavy atom. The Morgan fingerprint density at radius 1 is 1.31 bits per heavy atom. The van der Waals surface area contributed by atoms with Gasteiger partial charge in [-0.3, -0.25) is 0 Å². The number of unbranched alkanes of at least 4 members (excludes halogenated alkanes) is 3. The zero-order valence-electron chi connectivity index (χ0n) is 10.6. The first kappa shape index (κ1) is 14.5. The minimum Gasteiger partial charge on any atom is -0.350 e. The molecular weight excluding hydrogens is 268 g/mol. The minimum atomic E-state index is -0.350. The van der Waals surface area contributed by atoms with Crippen molar-refractivity contribution in [2.24, 2.45) is 0 Å². The molecule has 1 aliphatic heterocycles. The molecule has 1 aliphatic rings. The number of ether oxygens (including phenoxy) is 2. The van der Waals surface area contributed by atoms with Gasteiger partial charge in [-0.05, 0) is 19.8 Å². The van der Waals surface area contributed by atoms with E-state index in [4.69, 9.17) is 9.47 Å². The van der Waals surface area contributed by atoms with Crippen LogP contribution in [-0.4, -0.2) is 23.8 Å². The Morgan fingerprint density at radius 3 is 2.81 bits per heavy atom. The van der Waals surface area contributed by atoms with Gasteiger partial charge in [-0.15, -0.1) is 0 Å². The summed E-state index contributed by atoms with van der Waals surface area (Å²) in [5.74, 6) is -0.350. The molecule has 2 unspecified atom stereocenters. The van der Waals surface area contributed by atoms with Gasteiger partial charge in [-0.25, -0.2) is 0 Å². The highest BCUT2D eigenvalue weighted by atomic mass is 79.9. The average molecular weight is 293 g/mol. The Bertz CT molecular complexity index is 183. The summed E-state index contributed by atoms with van der Waals surface area (Å²) in [6, 6.07) is 0. The number of hydrogen-bond acceptors (Lipinski definition) is 2. The smallest absolute Gasteiger partial charge is 0.166 e. The zero-order chi connectivity index (χ0) is 11.9. The van der Waals surface area contributed by atoms with Crippen molar-refractivity contribution in [3.05, 3.63) is 0 Å². The Balaban J connectivity index is 2.22. The molecule has 0 saturated carbocycles. The molecule has 0 amide bonds. The van der Waals surface area contributed by atoms with Crippen LogP contribution in [0.3, 0.4) is 0 Å². The predicted molar refractivity (Wildman–Crippen MR) is 71.0 cm³/mol. The molecule has 1 heterocycles. The standard InChI is InChI=1S/C13H25BrO2/c1-3-4-5-6-7-12-8-11-15-13(2,16-12)9-10-14/h12H,3-11H2,1-2H3. The minimum absolute atomic E-state index is 0.350. The van der Waals surface area contributed by atoms with Gasteiger partial charge in [0, 0.05) is 11.8 Å². The lowest BCUT2D eigenvalue weighted by Gasteiger charge is -2.38. The van der Waals surface area contributed by atoms with Crippen molar-refractivity contribution >= 4 is 15.9 Å². The molecule has 2 nitrogen and oxygen atoms in total. The number of rotatable bonds is 7. The molecule has 0 aromatic rings. The van der Waals surface area contributed by atoms with Gasteiger partial charge in [0.05, 0.1) is 12.7 Å². The van der Waals surface area contributed by atoms with Crippen molar-refractivity contribution < 1.29 is 9.47 Å². The second-order valence-electron chi connectivity index (χ2n) is 4.80. The van der Waals surface area contributed by atoms with E-state index in [1.54, 1.807) is 0 Å². The first-order chi connectivity index (χ1) is 7.70. The van der Waals surface area contributed by atoms with Crippen LogP contribution in [0.25, 0.3) is 0 Å². The van der Waals surface area contributed by atoms with E-state index >= 15 is 0 Å². The van der Waals surface area contributed by atoms with E-state index in [1.807, 2.05) is 0 Å². The topological polar surface area (TPSA) is 18.5 Å². The first-order valence-corrected chi connectivity index (χ1v) is 7.70. The van der Waals surface area contributed by atoms with Crippen molar-refractivity contribution in [3.63, 3.8) is 0 Å². The maximum absolute atomic E-state index is 6.04. The van der Waals surface area contributed by atoms with Crippen LogP contribution in [0.15, 0.2) is 0 Å². The second-order valence-corrected chi connectivity index (χ2v) is 5.59. The molecule has 0 aliphatic carbocycles. The molecule has 0 spiro atoms. The van der Waals surface area contributed by atoms with Crippen LogP contribution in [0.2, 0.25) is 0 Å². The predicted octanol–water partition coefficient (Wildman–Crippen LogP) is 4.26. The second kappa shape index (κ2) is 7.67. The first-order valence-electron chi connectivity index (χ1n) is 6.58. The summed E-state index contributed by atoms with van der Waals surface area (Å²) in [5.41, 5.74) is 0. The van der Waals surface area contributed by atoms with Crippen LogP contribution in [0, 0.1) is 0 Å². The molecule has 0 bridgehead atoms. The molecule has 96 valence electrons. The maximum Gasteiger partial charge on any atom is 0.166 e. The lowest BCUT2D eigenvalue weighted by atomic mass is 10.1. The Hall–Kier alpha value is 0.400. The lowest BCUT2D eigenvalue weighted by Crippen LogP contribution is -2.42. The summed E-state index contributed by atoms with van der Waals surface area (Å²) >= 11 is 3.45. The van der Waals surface area contributed by atoms with Gasteiger partial charge < -0.3 is 9.47 Å². The van der Waals surface area contributed by atoms with E-state index in [-0.39, 0.29) is 5.79 Å². The fraction of sp³-hybridized carbons (Fsp3) is 1.00. The van der Waals surface area contributed by atoms with Crippen LogP contribution in [0.4, 0.5) is 0 Å². The van der Waals surface area contributed by atoms with Gasteiger partial charge in [0.15, 0.2) is 5.79 Å². The highest BCUT2D eigenvalue weighted by Gasteiger charge is 2.32. The van der Waals surface area contributed by atoms with Gasteiger partial charge in [0.2, 0.25) is 0 Å². The molecular formula is C13H25BrO2. The van der Waals surface area contributed by atoms with E-state index in [0.717, 1.165) is 24.8 Å². The quantitative estimate of drug-likeness (QED) is 0.515. The molecule has 0 radical (unpaired) electrons. The van der Waals surface area contributed by atoms with Crippen molar-refractivity contribution in [2.75, 3.05) is 11.9 Å². The zero-order valence-corrected chi connectivity index (χ0v) is 12.2. The van der Waals surface area contributed by atoms with Crippen molar-refractivity contribution in [3.8, 4) is 0 Å². The molecule has 16 heavy (non-hydrogen) atoms. The number of halogens is 1. The molecule has 3 heteroatoms. The molecule has 0 aromatic carbocycles. The van der Waals surface area contributed by atoms with Crippen molar-refractivity contribution in [2.45, 2.75) is 70.7 Å². The summed E-state index contributed by atoms with van der Waals surface area (Å²) in [4.78, 5) is 0. The van der Waals surface area contributed by atoms with E-state index in [9.17, 15) is 0 Å². The monoisotopic (exact) mass is 292 g/mol. The highest BCUT2D eigenvalue weighted by Crippen LogP contribution is 2.28. The number of hydrogen-bond donors (Lipinski definition) is 0. The van der Waals surface area contributed by atoms with Gasteiger partial charge >= 0.3 is 0 Å². The summed E-state index contributed by atoms with van der Waals surface area (Å²) < 4.78 is 11.8. The van der Waals surface area contributed by atoms with Gasteiger partial charge in [0.1, 0.15) is 0 Å². The van der Waals surface area contributed by atoms with E-state index < -0.39 is 0 Å². The third kappa shape index (κ3) is 5.15. The van der Waals surface area contributed by atoms with Gasteiger partial charge in [0.25, 0.3) is 0 Å². The van der Waals surface area contributed by atoms with Crippen LogP contribution in [0.5, 0.6) is 0 Å². The Labute approximate surface area is 108 Å². The molecule has 1 saturated heterocycles. The SMILES string of the molecule is CCCCCCC1CCOC(C)(CCBr)O1. The maximum atomic E-state index is 6.04. The van der Waals surface area contributed by atoms with Crippen LogP contribution >= 0.6 is 15.9 Å². The van der Waals surface area contributed by atoms with Crippen molar-refractivity contribution in [1.82, 2.24) is 0 Å². The normalized spacial score (nSPS) is 30.6. The molecule has 0 N–H and O–H groups in total. The third-order valence-corrected chi connectivity index (χ3v) is 3.59.